The maximum Gasteiger partial charge on any atom is 0.296 e. The van der Waals surface area contributed by atoms with Gasteiger partial charge in [0.15, 0.2) is 5.13 Å². The molecule has 1 aromatic heterocycles. The summed E-state index contributed by atoms with van der Waals surface area (Å²) in [5.41, 5.74) is 5.86. The Morgan fingerprint density at radius 2 is 2.33 bits per heavy atom. The highest BCUT2D eigenvalue weighted by molar-refractivity contribution is 7.13. The highest BCUT2D eigenvalue weighted by Crippen LogP contribution is 2.29. The standard InChI is InChI=1S/C12H12N4O4S/c1-20-8-2-3-9(10(5-8)16(18)19)15-11(17)4-7-6-21-12(13)14-7/h2-3,5-6H,4H2,1H3,(H2,13,14)(H,15,17). The van der Waals surface area contributed by atoms with E-state index >= 15 is 0 Å². The van der Waals surface area contributed by atoms with Gasteiger partial charge >= 0.3 is 0 Å². The zero-order chi connectivity index (χ0) is 15.4. The molecule has 1 aromatic carbocycles. The summed E-state index contributed by atoms with van der Waals surface area (Å²) in [6, 6.07) is 4.20. The normalized spacial score (nSPS) is 10.1. The van der Waals surface area contributed by atoms with Crippen LogP contribution in [0.4, 0.5) is 16.5 Å². The summed E-state index contributed by atoms with van der Waals surface area (Å²) < 4.78 is 4.92. The summed E-state index contributed by atoms with van der Waals surface area (Å²) in [5.74, 6) is -0.0689. The van der Waals surface area contributed by atoms with Gasteiger partial charge in [-0.05, 0) is 12.1 Å². The first-order chi connectivity index (χ1) is 9.99. The molecule has 110 valence electrons. The van der Waals surface area contributed by atoms with Crippen LogP contribution in [0.25, 0.3) is 0 Å². The Kier molecular flexibility index (Phi) is 4.33. The molecule has 0 bridgehead atoms. The minimum atomic E-state index is -0.584. The van der Waals surface area contributed by atoms with Crippen molar-refractivity contribution in [3.8, 4) is 5.75 Å². The van der Waals surface area contributed by atoms with E-state index in [1.807, 2.05) is 0 Å². The van der Waals surface area contributed by atoms with Crippen molar-refractivity contribution in [2.75, 3.05) is 18.2 Å². The first kappa shape index (κ1) is 14.7. The van der Waals surface area contributed by atoms with Gasteiger partial charge in [-0.1, -0.05) is 0 Å². The number of amides is 1. The van der Waals surface area contributed by atoms with Crippen LogP contribution in [0.5, 0.6) is 5.75 Å². The molecule has 0 spiro atoms. The third-order valence-electron chi connectivity index (χ3n) is 2.59. The first-order valence-electron chi connectivity index (χ1n) is 5.81. The van der Waals surface area contributed by atoms with Crippen LogP contribution in [-0.4, -0.2) is 22.9 Å². The van der Waals surface area contributed by atoms with E-state index in [2.05, 4.69) is 10.3 Å². The van der Waals surface area contributed by atoms with Crippen LogP contribution in [0, 0.1) is 10.1 Å². The smallest absolute Gasteiger partial charge is 0.296 e. The number of carbonyl (C=O) groups is 1. The van der Waals surface area contributed by atoms with Gasteiger partial charge in [0.25, 0.3) is 5.69 Å². The minimum absolute atomic E-state index is 0.00309. The second kappa shape index (κ2) is 6.18. The van der Waals surface area contributed by atoms with Crippen molar-refractivity contribution in [1.29, 1.82) is 0 Å². The fourth-order valence-corrected chi connectivity index (χ4v) is 2.22. The molecule has 0 aliphatic carbocycles. The van der Waals surface area contributed by atoms with Crippen LogP contribution in [0.15, 0.2) is 23.6 Å². The number of nitro benzene ring substituents is 1. The molecule has 0 unspecified atom stereocenters. The SMILES string of the molecule is COc1ccc(NC(=O)Cc2csc(N)n2)c([N+](=O)[O-])c1. The van der Waals surface area contributed by atoms with Crippen molar-refractivity contribution in [2.45, 2.75) is 6.42 Å². The quantitative estimate of drug-likeness (QED) is 0.642. The molecule has 8 nitrogen and oxygen atoms in total. The van der Waals surface area contributed by atoms with Crippen molar-refractivity contribution in [3.63, 3.8) is 0 Å². The fourth-order valence-electron chi connectivity index (χ4n) is 1.66. The third kappa shape index (κ3) is 3.66. The predicted molar refractivity (Wildman–Crippen MR) is 78.5 cm³/mol. The third-order valence-corrected chi connectivity index (χ3v) is 3.31. The van der Waals surface area contributed by atoms with E-state index in [9.17, 15) is 14.9 Å². The number of ether oxygens (including phenoxy) is 1. The molecule has 1 amide bonds. The van der Waals surface area contributed by atoms with Crippen molar-refractivity contribution in [1.82, 2.24) is 4.98 Å². The van der Waals surface area contributed by atoms with Gasteiger partial charge in [-0.3, -0.25) is 14.9 Å². The number of nitrogens with one attached hydrogen (secondary N) is 1. The molecular weight excluding hydrogens is 296 g/mol. The Morgan fingerprint density at radius 3 is 2.90 bits per heavy atom. The number of aromatic nitrogens is 1. The molecule has 1 heterocycles. The van der Waals surface area contributed by atoms with Crippen LogP contribution >= 0.6 is 11.3 Å². The number of hydrogen-bond acceptors (Lipinski definition) is 7. The lowest BCUT2D eigenvalue weighted by Crippen LogP contribution is -2.15. The van der Waals surface area contributed by atoms with E-state index in [0.29, 0.717) is 16.6 Å². The molecule has 0 radical (unpaired) electrons. The zero-order valence-corrected chi connectivity index (χ0v) is 11.8. The molecule has 0 aliphatic heterocycles. The summed E-state index contributed by atoms with van der Waals surface area (Å²) in [5, 5.41) is 15.5. The second-order valence-electron chi connectivity index (χ2n) is 4.04. The molecule has 0 fully saturated rings. The van der Waals surface area contributed by atoms with Crippen molar-refractivity contribution in [2.24, 2.45) is 0 Å². The molecule has 0 saturated carbocycles. The number of nitro groups is 1. The van der Waals surface area contributed by atoms with E-state index in [1.54, 1.807) is 5.38 Å². The Morgan fingerprint density at radius 1 is 1.57 bits per heavy atom. The van der Waals surface area contributed by atoms with Gasteiger partial charge in [0.05, 0.1) is 30.2 Å². The largest absolute Gasteiger partial charge is 0.496 e. The molecule has 9 heteroatoms. The number of nitrogens with zero attached hydrogens (tertiary/aromatic N) is 2. The molecular formula is C12H12N4O4S. The highest BCUT2D eigenvalue weighted by atomic mass is 32.1. The van der Waals surface area contributed by atoms with E-state index in [0.717, 1.165) is 0 Å². The first-order valence-corrected chi connectivity index (χ1v) is 6.69. The number of hydrogen-bond donors (Lipinski definition) is 2. The van der Waals surface area contributed by atoms with Crippen LogP contribution in [-0.2, 0) is 11.2 Å². The van der Waals surface area contributed by atoms with Gasteiger partial charge in [-0.2, -0.15) is 0 Å². The van der Waals surface area contributed by atoms with Crippen molar-refractivity contribution in [3.05, 3.63) is 39.4 Å². The van der Waals surface area contributed by atoms with Gasteiger partial charge in [-0.25, -0.2) is 4.98 Å². The number of methoxy groups -OCH3 is 1. The van der Waals surface area contributed by atoms with Gasteiger partial charge in [0.2, 0.25) is 5.91 Å². The molecule has 21 heavy (non-hydrogen) atoms. The highest BCUT2D eigenvalue weighted by Gasteiger charge is 2.17. The summed E-state index contributed by atoms with van der Waals surface area (Å²) in [6.45, 7) is 0. The van der Waals surface area contributed by atoms with Crippen LogP contribution in [0.2, 0.25) is 0 Å². The fraction of sp³-hybridized carbons (Fsp3) is 0.167. The van der Waals surface area contributed by atoms with Crippen molar-refractivity contribution >= 4 is 33.8 Å². The average Bonchev–Trinajstić information content (AvgIpc) is 2.84. The Labute approximate surface area is 123 Å². The minimum Gasteiger partial charge on any atom is -0.496 e. The number of rotatable bonds is 5. The average molecular weight is 308 g/mol. The number of carbonyl (C=O) groups excluding carboxylic acids is 1. The lowest BCUT2D eigenvalue weighted by Gasteiger charge is -2.06. The van der Waals surface area contributed by atoms with E-state index in [4.69, 9.17) is 10.5 Å². The number of nitrogen functional groups attached to an aromatic ring is 1. The monoisotopic (exact) mass is 308 g/mol. The lowest BCUT2D eigenvalue weighted by molar-refractivity contribution is -0.384. The second-order valence-corrected chi connectivity index (χ2v) is 4.93. The summed E-state index contributed by atoms with van der Waals surface area (Å²) >= 11 is 1.23. The maximum absolute atomic E-state index is 11.9. The summed E-state index contributed by atoms with van der Waals surface area (Å²) in [6.07, 6.45) is -0.00309. The topological polar surface area (TPSA) is 120 Å². The Bertz CT molecular complexity index is 686. The van der Waals surface area contributed by atoms with E-state index in [-0.39, 0.29) is 17.8 Å². The number of anilines is 2. The lowest BCUT2D eigenvalue weighted by atomic mass is 10.2. The number of nitrogens with two attached hydrogens (primary N) is 1. The molecule has 0 atom stereocenters. The summed E-state index contributed by atoms with van der Waals surface area (Å²) in [7, 11) is 1.41. The Balaban J connectivity index is 2.14. The van der Waals surface area contributed by atoms with E-state index in [1.165, 1.54) is 36.6 Å². The van der Waals surface area contributed by atoms with E-state index < -0.39 is 10.8 Å². The van der Waals surface area contributed by atoms with Crippen LogP contribution in [0.1, 0.15) is 5.69 Å². The maximum atomic E-state index is 11.9. The zero-order valence-electron chi connectivity index (χ0n) is 11.0. The van der Waals surface area contributed by atoms with Crippen LogP contribution < -0.4 is 15.8 Å². The number of benzene rings is 1. The van der Waals surface area contributed by atoms with Gasteiger partial charge < -0.3 is 15.8 Å². The van der Waals surface area contributed by atoms with Gasteiger partial charge in [0.1, 0.15) is 11.4 Å². The van der Waals surface area contributed by atoms with Crippen molar-refractivity contribution < 1.29 is 14.5 Å². The predicted octanol–water partition coefficient (Wildman–Crippen LogP) is 1.82. The molecule has 2 aromatic rings. The molecule has 0 saturated heterocycles. The summed E-state index contributed by atoms with van der Waals surface area (Å²) in [4.78, 5) is 26.3. The number of thiazole rings is 1. The molecule has 0 aliphatic rings. The van der Waals surface area contributed by atoms with Gasteiger partial charge in [-0.15, -0.1) is 11.3 Å². The van der Waals surface area contributed by atoms with Gasteiger partial charge in [0, 0.05) is 5.38 Å². The van der Waals surface area contributed by atoms with Crippen LogP contribution in [0.3, 0.4) is 0 Å². The Hall–Kier alpha value is -2.68. The molecule has 2 rings (SSSR count). The molecule has 3 N–H and O–H groups in total.